The van der Waals surface area contributed by atoms with Crippen LogP contribution in [0.1, 0.15) is 28.8 Å². The van der Waals surface area contributed by atoms with Crippen LogP contribution < -0.4 is 19.3 Å². The highest BCUT2D eigenvalue weighted by molar-refractivity contribution is 5.82. The average molecular weight is 641 g/mol. The Balaban J connectivity index is 0.826. The first kappa shape index (κ1) is 30.2. The van der Waals surface area contributed by atoms with Crippen LogP contribution in [-0.2, 0) is 11.3 Å². The third kappa shape index (κ3) is 5.92. The second-order valence-electron chi connectivity index (χ2n) is 13.5. The Kier molecular flexibility index (Phi) is 7.98. The van der Waals surface area contributed by atoms with Gasteiger partial charge in [0.15, 0.2) is 6.29 Å². The number of halogens is 1. The van der Waals surface area contributed by atoms with Crippen molar-refractivity contribution in [1.29, 1.82) is 0 Å². The van der Waals surface area contributed by atoms with Gasteiger partial charge in [0.25, 0.3) is 0 Å². The Bertz CT molecular complexity index is 1750. The zero-order valence-corrected chi connectivity index (χ0v) is 26.8. The number of hydrogen-bond donors (Lipinski definition) is 1. The highest BCUT2D eigenvalue weighted by Gasteiger charge is 2.54. The predicted octanol–water partition coefficient (Wildman–Crippen LogP) is 4.94. The van der Waals surface area contributed by atoms with Crippen LogP contribution in [-0.4, -0.2) is 105 Å². The maximum atomic E-state index is 14.1. The van der Waals surface area contributed by atoms with Crippen LogP contribution in [0.25, 0.3) is 11.0 Å². The predicted molar refractivity (Wildman–Crippen MR) is 178 cm³/mol. The lowest BCUT2D eigenvalue weighted by Crippen LogP contribution is -2.68. The minimum atomic E-state index is -0.388. The topological polar surface area (TPSA) is 86.4 Å². The first-order valence-electron chi connectivity index (χ1n) is 16.6. The van der Waals surface area contributed by atoms with Crippen molar-refractivity contribution in [2.75, 3.05) is 82.5 Å². The van der Waals surface area contributed by atoms with E-state index in [2.05, 4.69) is 47.8 Å². The van der Waals surface area contributed by atoms with Crippen molar-refractivity contribution >= 4 is 28.7 Å². The Morgan fingerprint density at radius 2 is 1.81 bits per heavy atom. The van der Waals surface area contributed by atoms with Crippen molar-refractivity contribution in [2.45, 2.75) is 25.4 Å². The van der Waals surface area contributed by atoms with Crippen molar-refractivity contribution in [2.24, 2.45) is 5.41 Å². The molecular weight excluding hydrogens is 599 g/mol. The van der Waals surface area contributed by atoms with Gasteiger partial charge in [0.05, 0.1) is 43.2 Å². The molecule has 0 atom stereocenters. The van der Waals surface area contributed by atoms with Crippen molar-refractivity contribution in [3.8, 4) is 17.2 Å². The summed E-state index contributed by atoms with van der Waals surface area (Å²) in [7, 11) is 1.76. The monoisotopic (exact) mass is 640 g/mol. The van der Waals surface area contributed by atoms with Gasteiger partial charge in [-0.1, -0.05) is 6.07 Å². The minimum Gasteiger partial charge on any atom is -0.495 e. The zero-order valence-electron chi connectivity index (χ0n) is 26.8. The fourth-order valence-electron chi connectivity index (χ4n) is 7.87. The van der Waals surface area contributed by atoms with Gasteiger partial charge in [-0.15, -0.1) is 0 Å². The number of ether oxygens (including phenoxy) is 3. The molecule has 5 heterocycles. The molecule has 47 heavy (non-hydrogen) atoms. The molecule has 3 saturated heterocycles. The molecule has 0 radical (unpaired) electrons. The van der Waals surface area contributed by atoms with Gasteiger partial charge in [-0.2, -0.15) is 0 Å². The van der Waals surface area contributed by atoms with E-state index in [0.29, 0.717) is 39.6 Å². The largest absolute Gasteiger partial charge is 0.495 e. The number of methoxy groups -OCH3 is 1. The fourth-order valence-corrected chi connectivity index (χ4v) is 7.87. The maximum Gasteiger partial charge on any atom is 0.153 e. The zero-order chi connectivity index (χ0) is 32.0. The SMILES string of the molecule is COc1cc(CN2CCN(C3CC4(C3)CN(c3ccc(C=O)c(Oc5cnc6[nH]cc(F)c6c5)c3)C4)CC2)ccc1N1CCOCC1. The van der Waals surface area contributed by atoms with Gasteiger partial charge in [0, 0.05) is 88.3 Å². The van der Waals surface area contributed by atoms with Gasteiger partial charge < -0.3 is 29.0 Å². The van der Waals surface area contributed by atoms with Crippen LogP contribution in [0.5, 0.6) is 17.2 Å². The number of aromatic nitrogens is 2. The van der Waals surface area contributed by atoms with Crippen LogP contribution in [0.2, 0.25) is 0 Å². The average Bonchev–Trinajstić information content (AvgIpc) is 3.44. The summed E-state index contributed by atoms with van der Waals surface area (Å²) in [4.78, 5) is 28.7. The fraction of sp³-hybridized carbons (Fsp3) is 0.444. The highest BCUT2D eigenvalue weighted by atomic mass is 19.1. The number of aromatic amines is 1. The van der Waals surface area contributed by atoms with Gasteiger partial charge in [-0.25, -0.2) is 9.37 Å². The molecule has 0 amide bonds. The number of piperazine rings is 1. The summed E-state index contributed by atoms with van der Waals surface area (Å²) in [5, 5.41) is 0.354. The van der Waals surface area contributed by atoms with Crippen molar-refractivity contribution in [3.05, 3.63) is 71.8 Å². The Morgan fingerprint density at radius 3 is 2.57 bits per heavy atom. The molecule has 11 heteroatoms. The lowest BCUT2D eigenvalue weighted by atomic mass is 9.60. The van der Waals surface area contributed by atoms with E-state index in [-0.39, 0.29) is 5.82 Å². The van der Waals surface area contributed by atoms with Crippen LogP contribution in [0.15, 0.2) is 54.9 Å². The smallest absolute Gasteiger partial charge is 0.153 e. The number of nitrogens with zero attached hydrogens (tertiary/aromatic N) is 5. The summed E-state index contributed by atoms with van der Waals surface area (Å²) in [5.41, 5.74) is 4.76. The van der Waals surface area contributed by atoms with E-state index in [4.69, 9.17) is 14.2 Å². The Labute approximate surface area is 274 Å². The molecule has 1 saturated carbocycles. The number of carbonyl (C=O) groups excluding carboxylic acids is 1. The van der Waals surface area contributed by atoms with E-state index in [1.165, 1.54) is 30.8 Å². The van der Waals surface area contributed by atoms with Crippen molar-refractivity contribution in [3.63, 3.8) is 0 Å². The van der Waals surface area contributed by atoms with E-state index in [0.717, 1.165) is 95.5 Å². The molecule has 2 aromatic heterocycles. The molecule has 1 N–H and O–H groups in total. The molecule has 4 fully saturated rings. The quantitative estimate of drug-likeness (QED) is 0.256. The molecule has 3 aliphatic heterocycles. The lowest BCUT2D eigenvalue weighted by Gasteiger charge is -2.62. The van der Waals surface area contributed by atoms with Crippen LogP contribution in [0.3, 0.4) is 0 Å². The standard InChI is InChI=1S/C36H41FN6O4/c1-45-34-14-25(2-5-32(34)42-10-12-46-13-11-42)21-40-6-8-41(9-7-40)28-17-36(18-28)23-43(24-36)27-4-3-26(22-44)33(15-27)47-29-16-30-31(37)20-39-35(30)38-19-29/h2-5,14-16,19-20,22,28H,6-13,17-18,21,23-24H2,1H3,(H,38,39). The van der Waals surface area contributed by atoms with E-state index in [9.17, 15) is 9.18 Å². The number of carbonyl (C=O) groups is 1. The molecule has 4 aliphatic rings. The summed E-state index contributed by atoms with van der Waals surface area (Å²) in [5.74, 6) is 1.40. The summed E-state index contributed by atoms with van der Waals surface area (Å²) < 4.78 is 31.4. The second-order valence-corrected chi connectivity index (χ2v) is 13.5. The van der Waals surface area contributed by atoms with Crippen molar-refractivity contribution < 1.29 is 23.4 Å². The molecule has 246 valence electrons. The molecule has 1 aliphatic carbocycles. The number of anilines is 2. The summed E-state index contributed by atoms with van der Waals surface area (Å²) in [6.07, 6.45) is 6.05. The van der Waals surface area contributed by atoms with Crippen LogP contribution >= 0.6 is 0 Å². The molecular formula is C36H41FN6O4. The number of nitrogens with one attached hydrogen (secondary N) is 1. The number of aldehydes is 1. The lowest BCUT2D eigenvalue weighted by molar-refractivity contribution is -0.0380. The molecule has 2 aromatic carbocycles. The Hall–Kier alpha value is -4.19. The van der Waals surface area contributed by atoms with Crippen LogP contribution in [0.4, 0.5) is 15.8 Å². The molecule has 1 spiro atoms. The van der Waals surface area contributed by atoms with E-state index >= 15 is 0 Å². The van der Waals surface area contributed by atoms with Gasteiger partial charge >= 0.3 is 0 Å². The number of benzene rings is 2. The van der Waals surface area contributed by atoms with Gasteiger partial charge in [-0.05, 0) is 48.7 Å². The van der Waals surface area contributed by atoms with Crippen LogP contribution in [0, 0.1) is 11.2 Å². The number of rotatable bonds is 9. The van der Waals surface area contributed by atoms with E-state index in [1.807, 2.05) is 12.1 Å². The molecule has 4 aromatic rings. The Morgan fingerprint density at radius 1 is 1.00 bits per heavy atom. The molecule has 8 rings (SSSR count). The van der Waals surface area contributed by atoms with E-state index in [1.54, 1.807) is 19.2 Å². The maximum absolute atomic E-state index is 14.1. The third-order valence-corrected chi connectivity index (χ3v) is 10.5. The molecule has 10 nitrogen and oxygen atoms in total. The summed E-state index contributed by atoms with van der Waals surface area (Å²) >= 11 is 0. The number of morpholine rings is 1. The molecule has 0 unspecified atom stereocenters. The normalized spacial score (nSPS) is 20.3. The second kappa shape index (κ2) is 12.4. The third-order valence-electron chi connectivity index (χ3n) is 10.5. The van der Waals surface area contributed by atoms with Gasteiger partial charge in [-0.3, -0.25) is 14.6 Å². The first-order valence-corrected chi connectivity index (χ1v) is 16.6. The van der Waals surface area contributed by atoms with Crippen molar-refractivity contribution in [1.82, 2.24) is 19.8 Å². The van der Waals surface area contributed by atoms with Gasteiger partial charge in [0.2, 0.25) is 0 Å². The number of fused-ring (bicyclic) bond motifs is 1. The summed E-state index contributed by atoms with van der Waals surface area (Å²) in [6, 6.07) is 14.6. The highest BCUT2D eigenvalue weighted by Crippen LogP contribution is 2.52. The summed E-state index contributed by atoms with van der Waals surface area (Å²) in [6.45, 7) is 10.7. The number of pyridine rings is 1. The number of H-pyrrole nitrogens is 1. The first-order chi connectivity index (χ1) is 23.0. The number of hydrogen-bond acceptors (Lipinski definition) is 9. The minimum absolute atomic E-state index is 0.354. The van der Waals surface area contributed by atoms with E-state index < -0.39 is 0 Å². The molecule has 0 bridgehead atoms. The van der Waals surface area contributed by atoms with Gasteiger partial charge in [0.1, 0.15) is 28.7 Å².